The number of benzene rings is 2. The van der Waals surface area contributed by atoms with Crippen molar-refractivity contribution in [3.63, 3.8) is 0 Å². The summed E-state index contributed by atoms with van der Waals surface area (Å²) in [6.07, 6.45) is 3.02. The SMILES string of the molecule is CC(C)(C)c1ccc(/C=C/C(=O)Nc2ccc(F)c(F)c2)cc1. The maximum atomic E-state index is 13.1. The first kappa shape index (κ1) is 16.9. The van der Waals surface area contributed by atoms with Gasteiger partial charge in [0.2, 0.25) is 5.91 Å². The lowest BCUT2D eigenvalue weighted by Gasteiger charge is -2.18. The molecule has 0 aliphatic heterocycles. The number of carbonyl (C=O) groups excluding carboxylic acids is 1. The highest BCUT2D eigenvalue weighted by Crippen LogP contribution is 2.22. The highest BCUT2D eigenvalue weighted by Gasteiger charge is 2.12. The van der Waals surface area contributed by atoms with E-state index in [1.54, 1.807) is 6.08 Å². The fraction of sp³-hybridized carbons (Fsp3) is 0.211. The van der Waals surface area contributed by atoms with Gasteiger partial charge >= 0.3 is 0 Å². The normalized spacial score (nSPS) is 11.7. The summed E-state index contributed by atoms with van der Waals surface area (Å²) in [5.74, 6) is -2.35. The van der Waals surface area contributed by atoms with Gasteiger partial charge in [0.15, 0.2) is 11.6 Å². The first-order valence-electron chi connectivity index (χ1n) is 7.30. The van der Waals surface area contributed by atoms with Crippen LogP contribution in [0.4, 0.5) is 14.5 Å². The van der Waals surface area contributed by atoms with Crippen LogP contribution in [0.5, 0.6) is 0 Å². The molecule has 1 N–H and O–H groups in total. The molecule has 0 unspecified atom stereocenters. The van der Waals surface area contributed by atoms with Crippen molar-refractivity contribution in [3.8, 4) is 0 Å². The van der Waals surface area contributed by atoms with Gasteiger partial charge in [-0.2, -0.15) is 0 Å². The summed E-state index contributed by atoms with van der Waals surface area (Å²) in [7, 11) is 0. The van der Waals surface area contributed by atoms with Gasteiger partial charge in [-0.3, -0.25) is 4.79 Å². The maximum absolute atomic E-state index is 13.1. The molecule has 0 aliphatic rings. The molecule has 0 spiro atoms. The average Bonchev–Trinajstić information content (AvgIpc) is 2.48. The highest BCUT2D eigenvalue weighted by molar-refractivity contribution is 6.01. The highest BCUT2D eigenvalue weighted by atomic mass is 19.2. The van der Waals surface area contributed by atoms with Crippen molar-refractivity contribution >= 4 is 17.7 Å². The lowest BCUT2D eigenvalue weighted by molar-refractivity contribution is -0.111. The molecule has 0 saturated carbocycles. The Balaban J connectivity index is 2.02. The molecule has 0 bridgehead atoms. The van der Waals surface area contributed by atoms with Gasteiger partial charge in [0.05, 0.1) is 0 Å². The third-order valence-electron chi connectivity index (χ3n) is 3.39. The smallest absolute Gasteiger partial charge is 0.248 e. The second kappa shape index (κ2) is 6.73. The van der Waals surface area contributed by atoms with Crippen LogP contribution in [-0.4, -0.2) is 5.91 Å². The van der Waals surface area contributed by atoms with Gasteiger partial charge in [-0.05, 0) is 34.8 Å². The van der Waals surface area contributed by atoms with E-state index in [0.717, 1.165) is 17.7 Å². The molecule has 23 heavy (non-hydrogen) atoms. The van der Waals surface area contributed by atoms with Crippen LogP contribution >= 0.6 is 0 Å². The van der Waals surface area contributed by atoms with Crippen LogP contribution in [0, 0.1) is 11.6 Å². The predicted molar refractivity (Wildman–Crippen MR) is 89.2 cm³/mol. The number of anilines is 1. The minimum absolute atomic E-state index is 0.0757. The molecule has 0 aromatic heterocycles. The minimum Gasteiger partial charge on any atom is -0.322 e. The number of rotatable bonds is 3. The fourth-order valence-electron chi connectivity index (χ4n) is 2.02. The van der Waals surface area contributed by atoms with E-state index in [-0.39, 0.29) is 11.1 Å². The van der Waals surface area contributed by atoms with Crippen LogP contribution < -0.4 is 5.32 Å². The monoisotopic (exact) mass is 315 g/mol. The maximum Gasteiger partial charge on any atom is 0.248 e. The molecule has 1 amide bonds. The van der Waals surface area contributed by atoms with E-state index in [0.29, 0.717) is 0 Å². The topological polar surface area (TPSA) is 29.1 Å². The predicted octanol–water partition coefficient (Wildman–Crippen LogP) is 4.91. The van der Waals surface area contributed by atoms with Gasteiger partial charge in [0.25, 0.3) is 0 Å². The molecule has 0 radical (unpaired) electrons. The van der Waals surface area contributed by atoms with Crippen LogP contribution in [0.1, 0.15) is 31.9 Å². The van der Waals surface area contributed by atoms with Gasteiger partial charge in [-0.15, -0.1) is 0 Å². The van der Waals surface area contributed by atoms with Crippen LogP contribution in [0.25, 0.3) is 6.08 Å². The number of halogens is 2. The summed E-state index contributed by atoms with van der Waals surface area (Å²) >= 11 is 0. The molecule has 2 rings (SSSR count). The van der Waals surface area contributed by atoms with E-state index in [4.69, 9.17) is 0 Å². The van der Waals surface area contributed by atoms with Crippen molar-refractivity contribution < 1.29 is 13.6 Å². The second-order valence-electron chi connectivity index (χ2n) is 6.32. The molecular weight excluding hydrogens is 296 g/mol. The summed E-state index contributed by atoms with van der Waals surface area (Å²) in [5.41, 5.74) is 2.38. The minimum atomic E-state index is -0.996. The van der Waals surface area contributed by atoms with Gasteiger partial charge < -0.3 is 5.32 Å². The van der Waals surface area contributed by atoms with Gasteiger partial charge in [0, 0.05) is 17.8 Å². The average molecular weight is 315 g/mol. The third-order valence-corrected chi connectivity index (χ3v) is 3.39. The van der Waals surface area contributed by atoms with Crippen molar-refractivity contribution in [1.82, 2.24) is 0 Å². The fourth-order valence-corrected chi connectivity index (χ4v) is 2.02. The van der Waals surface area contributed by atoms with E-state index in [1.165, 1.54) is 17.7 Å². The summed E-state index contributed by atoms with van der Waals surface area (Å²) in [4.78, 5) is 11.8. The summed E-state index contributed by atoms with van der Waals surface area (Å²) in [6.45, 7) is 6.40. The number of amides is 1. The Labute approximate surface area is 134 Å². The van der Waals surface area contributed by atoms with Crippen LogP contribution in [0.15, 0.2) is 48.5 Å². The summed E-state index contributed by atoms with van der Waals surface area (Å²) in [6, 6.07) is 11.1. The molecule has 0 fully saturated rings. The van der Waals surface area contributed by atoms with Gasteiger partial charge in [-0.25, -0.2) is 8.78 Å². The Hall–Kier alpha value is -2.49. The van der Waals surface area contributed by atoms with Crippen molar-refractivity contribution in [2.24, 2.45) is 0 Å². The standard InChI is InChI=1S/C19H19F2NO/c1-19(2,3)14-7-4-13(5-8-14)6-11-18(23)22-15-9-10-16(20)17(21)12-15/h4-12H,1-3H3,(H,22,23)/b11-6+. The zero-order valence-electron chi connectivity index (χ0n) is 13.4. The molecule has 0 saturated heterocycles. The second-order valence-corrected chi connectivity index (χ2v) is 6.32. The molecule has 0 heterocycles. The molecule has 0 aliphatic carbocycles. The largest absolute Gasteiger partial charge is 0.322 e. The molecule has 4 heteroatoms. The molecule has 0 atom stereocenters. The van der Waals surface area contributed by atoms with E-state index in [1.807, 2.05) is 24.3 Å². The van der Waals surface area contributed by atoms with Crippen LogP contribution in [-0.2, 0) is 10.2 Å². The van der Waals surface area contributed by atoms with E-state index in [2.05, 4.69) is 26.1 Å². The zero-order chi connectivity index (χ0) is 17.0. The van der Waals surface area contributed by atoms with E-state index in [9.17, 15) is 13.6 Å². The quantitative estimate of drug-likeness (QED) is 0.801. The van der Waals surface area contributed by atoms with E-state index < -0.39 is 17.5 Å². The summed E-state index contributed by atoms with van der Waals surface area (Å²) in [5, 5.41) is 2.48. The van der Waals surface area contributed by atoms with Gasteiger partial charge in [0.1, 0.15) is 0 Å². The number of hydrogen-bond acceptors (Lipinski definition) is 1. The molecule has 2 aromatic carbocycles. The van der Waals surface area contributed by atoms with Crippen molar-refractivity contribution in [3.05, 3.63) is 71.3 Å². The third kappa shape index (κ3) is 4.74. The Bertz CT molecular complexity index is 728. The number of hydrogen-bond donors (Lipinski definition) is 1. The van der Waals surface area contributed by atoms with Crippen molar-refractivity contribution in [2.75, 3.05) is 5.32 Å². The van der Waals surface area contributed by atoms with Crippen molar-refractivity contribution in [2.45, 2.75) is 26.2 Å². The number of nitrogens with one attached hydrogen (secondary N) is 1. The Kier molecular flexibility index (Phi) is 4.94. The molecule has 120 valence electrons. The molecular formula is C19H19F2NO. The zero-order valence-corrected chi connectivity index (χ0v) is 13.4. The lowest BCUT2D eigenvalue weighted by atomic mass is 9.87. The van der Waals surface area contributed by atoms with Crippen LogP contribution in [0.3, 0.4) is 0 Å². The van der Waals surface area contributed by atoms with Gasteiger partial charge in [-0.1, -0.05) is 45.0 Å². The Morgan fingerprint density at radius 2 is 1.65 bits per heavy atom. The first-order chi connectivity index (χ1) is 10.8. The lowest BCUT2D eigenvalue weighted by Crippen LogP contribution is -2.10. The first-order valence-corrected chi connectivity index (χ1v) is 7.30. The Morgan fingerprint density at radius 1 is 1.00 bits per heavy atom. The molecule has 2 aromatic rings. The van der Waals surface area contributed by atoms with Crippen molar-refractivity contribution in [1.29, 1.82) is 0 Å². The summed E-state index contributed by atoms with van der Waals surface area (Å²) < 4.78 is 25.9. The van der Waals surface area contributed by atoms with Crippen LogP contribution in [0.2, 0.25) is 0 Å². The number of carbonyl (C=O) groups is 1. The van der Waals surface area contributed by atoms with E-state index >= 15 is 0 Å². The Morgan fingerprint density at radius 3 is 2.22 bits per heavy atom. The molecule has 2 nitrogen and oxygen atoms in total.